The Bertz CT molecular complexity index is 509. The van der Waals surface area contributed by atoms with Gasteiger partial charge in [0.1, 0.15) is 12.7 Å². The molecule has 2 rings (SSSR count). The van der Waals surface area contributed by atoms with Crippen molar-refractivity contribution in [3.63, 3.8) is 0 Å². The number of rotatable bonds is 4. The van der Waals surface area contributed by atoms with Gasteiger partial charge < -0.3 is 14.2 Å². The lowest BCUT2D eigenvalue weighted by Crippen LogP contribution is -2.27. The first kappa shape index (κ1) is 15.1. The monoisotopic (exact) mass is 290 g/mol. The summed E-state index contributed by atoms with van der Waals surface area (Å²) in [6.07, 6.45) is 3.40. The van der Waals surface area contributed by atoms with Gasteiger partial charge >= 0.3 is 12.1 Å². The van der Waals surface area contributed by atoms with E-state index in [9.17, 15) is 9.59 Å². The molecule has 0 saturated heterocycles. The fourth-order valence-corrected chi connectivity index (χ4v) is 2.15. The molecule has 0 amide bonds. The number of esters is 1. The van der Waals surface area contributed by atoms with Crippen molar-refractivity contribution in [2.75, 3.05) is 7.11 Å². The molecular weight excluding hydrogens is 272 g/mol. The summed E-state index contributed by atoms with van der Waals surface area (Å²) >= 11 is 0. The number of carbonyl (C=O) groups is 2. The zero-order valence-electron chi connectivity index (χ0n) is 11.9. The number of methoxy groups -OCH3 is 1. The first-order chi connectivity index (χ1) is 10.2. The Morgan fingerprint density at radius 2 is 2.00 bits per heavy atom. The van der Waals surface area contributed by atoms with E-state index < -0.39 is 12.3 Å². The molecule has 1 aromatic rings. The van der Waals surface area contributed by atoms with Crippen molar-refractivity contribution < 1.29 is 23.8 Å². The van der Waals surface area contributed by atoms with Crippen molar-refractivity contribution >= 4 is 12.1 Å². The van der Waals surface area contributed by atoms with Crippen LogP contribution in [0.5, 0.6) is 0 Å². The summed E-state index contributed by atoms with van der Waals surface area (Å²) < 4.78 is 14.8. The van der Waals surface area contributed by atoms with Gasteiger partial charge in [-0.3, -0.25) is 4.79 Å². The Labute approximate surface area is 123 Å². The minimum absolute atomic E-state index is 0.252. The molecule has 112 valence electrons. The van der Waals surface area contributed by atoms with Gasteiger partial charge in [-0.15, -0.1) is 0 Å². The Kier molecular flexibility index (Phi) is 5.37. The predicted molar refractivity (Wildman–Crippen MR) is 75.4 cm³/mol. The summed E-state index contributed by atoms with van der Waals surface area (Å²) in [5.41, 5.74) is 0.944. The van der Waals surface area contributed by atoms with Crippen LogP contribution in [0, 0.1) is 5.92 Å². The first-order valence-corrected chi connectivity index (χ1v) is 6.81. The summed E-state index contributed by atoms with van der Waals surface area (Å²) in [6, 6.07) is 9.50. The maximum Gasteiger partial charge on any atom is 0.508 e. The average molecular weight is 290 g/mol. The molecule has 0 heterocycles. The van der Waals surface area contributed by atoms with Crippen molar-refractivity contribution in [1.29, 1.82) is 0 Å². The quantitative estimate of drug-likeness (QED) is 0.630. The van der Waals surface area contributed by atoms with Gasteiger partial charge in [0, 0.05) is 6.42 Å². The second-order valence-corrected chi connectivity index (χ2v) is 4.80. The van der Waals surface area contributed by atoms with Crippen LogP contribution in [0.25, 0.3) is 0 Å². The number of hydrogen-bond donors (Lipinski definition) is 0. The normalized spacial score (nSPS) is 20.6. The summed E-state index contributed by atoms with van der Waals surface area (Å²) in [6.45, 7) is 0.252. The Balaban J connectivity index is 1.83. The van der Waals surface area contributed by atoms with Gasteiger partial charge in [-0.05, 0) is 18.1 Å². The molecule has 1 aliphatic carbocycles. The lowest BCUT2D eigenvalue weighted by atomic mass is 9.92. The van der Waals surface area contributed by atoms with Gasteiger partial charge in [0.05, 0.1) is 13.0 Å². The number of benzene rings is 1. The van der Waals surface area contributed by atoms with E-state index in [-0.39, 0.29) is 18.5 Å². The minimum atomic E-state index is -0.747. The molecule has 21 heavy (non-hydrogen) atoms. The minimum Gasteiger partial charge on any atom is -0.461 e. The molecule has 0 spiro atoms. The molecule has 5 nitrogen and oxygen atoms in total. The van der Waals surface area contributed by atoms with E-state index >= 15 is 0 Å². The molecule has 5 heteroatoms. The molecule has 0 aliphatic heterocycles. The van der Waals surface area contributed by atoms with E-state index in [0.717, 1.165) is 5.56 Å². The predicted octanol–water partition coefficient (Wildman–Crippen LogP) is 2.85. The standard InChI is InChI=1S/C16H18O5/c1-19-16(18)21-14-9-5-8-13(10-14)15(17)20-11-12-6-3-2-4-7-12/h2-7,9,13-14H,8,10-11H2,1H3/t13-,14+/m1/s1. The summed E-state index contributed by atoms with van der Waals surface area (Å²) in [7, 11) is 1.25. The van der Waals surface area contributed by atoms with E-state index in [4.69, 9.17) is 9.47 Å². The highest BCUT2D eigenvalue weighted by Gasteiger charge is 2.27. The third-order valence-corrected chi connectivity index (χ3v) is 3.26. The van der Waals surface area contributed by atoms with Gasteiger partial charge in [0.25, 0.3) is 0 Å². The number of ether oxygens (including phenoxy) is 3. The Morgan fingerprint density at radius 1 is 1.24 bits per heavy atom. The zero-order chi connectivity index (χ0) is 15.1. The molecule has 2 atom stereocenters. The molecule has 0 fully saturated rings. The fraction of sp³-hybridized carbons (Fsp3) is 0.375. The SMILES string of the molecule is COC(=O)O[C@H]1C=CC[C@@H](C(=O)OCc2ccccc2)C1. The number of hydrogen-bond acceptors (Lipinski definition) is 5. The smallest absolute Gasteiger partial charge is 0.461 e. The first-order valence-electron chi connectivity index (χ1n) is 6.81. The van der Waals surface area contributed by atoms with E-state index in [1.165, 1.54) is 7.11 Å². The van der Waals surface area contributed by atoms with E-state index in [2.05, 4.69) is 4.74 Å². The van der Waals surface area contributed by atoms with Gasteiger partial charge in [-0.2, -0.15) is 0 Å². The van der Waals surface area contributed by atoms with Gasteiger partial charge in [0.2, 0.25) is 0 Å². The molecule has 0 aromatic heterocycles. The van der Waals surface area contributed by atoms with E-state index in [0.29, 0.717) is 12.8 Å². The van der Waals surface area contributed by atoms with Crippen LogP contribution in [0.15, 0.2) is 42.5 Å². The molecular formula is C16H18O5. The van der Waals surface area contributed by atoms with Crippen molar-refractivity contribution in [3.05, 3.63) is 48.0 Å². The second-order valence-electron chi connectivity index (χ2n) is 4.80. The van der Waals surface area contributed by atoms with Crippen LogP contribution in [0.3, 0.4) is 0 Å². The highest BCUT2D eigenvalue weighted by Crippen LogP contribution is 2.23. The highest BCUT2D eigenvalue weighted by molar-refractivity contribution is 5.73. The van der Waals surface area contributed by atoms with Crippen molar-refractivity contribution in [3.8, 4) is 0 Å². The van der Waals surface area contributed by atoms with Gasteiger partial charge in [-0.1, -0.05) is 36.4 Å². The molecule has 1 aliphatic rings. The number of carbonyl (C=O) groups excluding carboxylic acids is 2. The van der Waals surface area contributed by atoms with E-state index in [1.807, 2.05) is 36.4 Å². The molecule has 0 saturated carbocycles. The third kappa shape index (κ3) is 4.63. The summed E-state index contributed by atoms with van der Waals surface area (Å²) in [5.74, 6) is -0.574. The van der Waals surface area contributed by atoms with Crippen LogP contribution in [0.4, 0.5) is 4.79 Å². The summed E-state index contributed by atoms with van der Waals surface area (Å²) in [4.78, 5) is 23.1. The molecule has 0 N–H and O–H groups in total. The molecule has 0 radical (unpaired) electrons. The van der Waals surface area contributed by atoms with Crippen molar-refractivity contribution in [2.24, 2.45) is 5.92 Å². The second kappa shape index (κ2) is 7.47. The van der Waals surface area contributed by atoms with Crippen molar-refractivity contribution in [2.45, 2.75) is 25.6 Å². The largest absolute Gasteiger partial charge is 0.508 e. The molecule has 0 bridgehead atoms. The maximum atomic E-state index is 12.0. The topological polar surface area (TPSA) is 61.8 Å². The van der Waals surface area contributed by atoms with E-state index in [1.54, 1.807) is 6.08 Å². The van der Waals surface area contributed by atoms with Crippen LogP contribution in [0.2, 0.25) is 0 Å². The van der Waals surface area contributed by atoms with Crippen LogP contribution < -0.4 is 0 Å². The van der Waals surface area contributed by atoms with Crippen molar-refractivity contribution in [1.82, 2.24) is 0 Å². The lowest BCUT2D eigenvalue weighted by Gasteiger charge is -2.22. The third-order valence-electron chi connectivity index (χ3n) is 3.26. The zero-order valence-corrected chi connectivity index (χ0v) is 11.9. The summed E-state index contributed by atoms with van der Waals surface area (Å²) in [5, 5.41) is 0. The lowest BCUT2D eigenvalue weighted by molar-refractivity contribution is -0.151. The van der Waals surface area contributed by atoms with Gasteiger partial charge in [0.15, 0.2) is 0 Å². The van der Waals surface area contributed by atoms with Crippen LogP contribution in [0.1, 0.15) is 18.4 Å². The van der Waals surface area contributed by atoms with Crippen LogP contribution >= 0.6 is 0 Å². The number of allylic oxidation sites excluding steroid dienone is 1. The van der Waals surface area contributed by atoms with Crippen LogP contribution in [-0.4, -0.2) is 25.3 Å². The maximum absolute atomic E-state index is 12.0. The Hall–Kier alpha value is -2.30. The Morgan fingerprint density at radius 3 is 2.71 bits per heavy atom. The highest BCUT2D eigenvalue weighted by atomic mass is 16.7. The molecule has 1 aromatic carbocycles. The molecule has 0 unspecified atom stereocenters. The van der Waals surface area contributed by atoms with Crippen LogP contribution in [-0.2, 0) is 25.6 Å². The fourth-order valence-electron chi connectivity index (χ4n) is 2.15. The average Bonchev–Trinajstić information content (AvgIpc) is 2.53. The van der Waals surface area contributed by atoms with Gasteiger partial charge in [-0.25, -0.2) is 4.79 Å².